The third-order valence-electron chi connectivity index (χ3n) is 4.46. The molecule has 4 heteroatoms. The van der Waals surface area contributed by atoms with Crippen LogP contribution in [0.25, 0.3) is 0 Å². The van der Waals surface area contributed by atoms with E-state index >= 15 is 0 Å². The van der Waals surface area contributed by atoms with Crippen LogP contribution in [0.15, 0.2) is 60.7 Å². The fraction of sp³-hybridized carbons (Fsp3) is 0.364. The van der Waals surface area contributed by atoms with Crippen molar-refractivity contribution in [1.82, 2.24) is 4.90 Å². The largest absolute Gasteiger partial charge is 0.342 e. The highest BCUT2D eigenvalue weighted by Crippen LogP contribution is 2.14. The van der Waals surface area contributed by atoms with Crippen molar-refractivity contribution in [2.45, 2.75) is 33.1 Å². The highest BCUT2D eigenvalue weighted by atomic mass is 16.2. The number of rotatable bonds is 9. The summed E-state index contributed by atoms with van der Waals surface area (Å²) in [6, 6.07) is 19.9. The third kappa shape index (κ3) is 6.03. The molecular formula is C22H28N2O2. The quantitative estimate of drug-likeness (QED) is 0.686. The second kappa shape index (κ2) is 10.4. The first kappa shape index (κ1) is 19.7. The number of carbonyl (C=O) groups excluding carboxylic acids is 2. The molecule has 4 nitrogen and oxygen atoms in total. The zero-order valence-electron chi connectivity index (χ0n) is 15.7. The summed E-state index contributed by atoms with van der Waals surface area (Å²) < 4.78 is 0. The molecule has 0 radical (unpaired) electrons. The van der Waals surface area contributed by atoms with Crippen LogP contribution >= 0.6 is 0 Å². The molecule has 0 spiro atoms. The van der Waals surface area contributed by atoms with Crippen molar-refractivity contribution >= 4 is 17.5 Å². The molecule has 0 fully saturated rings. The van der Waals surface area contributed by atoms with Gasteiger partial charge < -0.3 is 9.80 Å². The zero-order valence-corrected chi connectivity index (χ0v) is 15.7. The Kier molecular flexibility index (Phi) is 7.87. The topological polar surface area (TPSA) is 40.6 Å². The molecule has 0 bridgehead atoms. The molecule has 0 aliphatic carbocycles. The number of hydrogen-bond donors (Lipinski definition) is 0. The first-order valence-corrected chi connectivity index (χ1v) is 9.26. The molecule has 0 heterocycles. The van der Waals surface area contributed by atoms with Gasteiger partial charge in [0.15, 0.2) is 0 Å². The Morgan fingerprint density at radius 2 is 1.50 bits per heavy atom. The summed E-state index contributed by atoms with van der Waals surface area (Å²) in [5, 5.41) is 0. The van der Waals surface area contributed by atoms with E-state index in [2.05, 4.69) is 12.1 Å². The minimum Gasteiger partial charge on any atom is -0.342 e. The standard InChI is InChI=1S/C22H28N2O2/c1-3-24(21-14-8-5-9-15-21)22(26)16-18-23(19(2)25)17-10-13-20-11-6-4-7-12-20/h4-9,11-12,14-15H,3,10,13,16-18H2,1-2H3. The highest BCUT2D eigenvalue weighted by molar-refractivity contribution is 5.93. The van der Waals surface area contributed by atoms with E-state index in [1.54, 1.807) is 16.7 Å². The maximum absolute atomic E-state index is 12.6. The molecule has 26 heavy (non-hydrogen) atoms. The lowest BCUT2D eigenvalue weighted by Crippen LogP contribution is -2.36. The molecule has 2 amide bonds. The van der Waals surface area contributed by atoms with Gasteiger partial charge in [-0.05, 0) is 37.5 Å². The van der Waals surface area contributed by atoms with Gasteiger partial charge in [-0.25, -0.2) is 0 Å². The van der Waals surface area contributed by atoms with Crippen molar-refractivity contribution in [3.8, 4) is 0 Å². The molecule has 2 aromatic rings. The van der Waals surface area contributed by atoms with Crippen molar-refractivity contribution in [2.24, 2.45) is 0 Å². The summed E-state index contributed by atoms with van der Waals surface area (Å²) in [4.78, 5) is 28.0. The molecule has 138 valence electrons. The highest BCUT2D eigenvalue weighted by Gasteiger charge is 2.16. The normalized spacial score (nSPS) is 10.4. The van der Waals surface area contributed by atoms with Crippen molar-refractivity contribution in [3.63, 3.8) is 0 Å². The van der Waals surface area contributed by atoms with Gasteiger partial charge in [0.2, 0.25) is 11.8 Å². The van der Waals surface area contributed by atoms with Gasteiger partial charge in [0.1, 0.15) is 0 Å². The van der Waals surface area contributed by atoms with Gasteiger partial charge in [0.05, 0.1) is 0 Å². The minimum absolute atomic E-state index is 0.0219. The van der Waals surface area contributed by atoms with Crippen LogP contribution in [0.5, 0.6) is 0 Å². The average Bonchev–Trinajstić information content (AvgIpc) is 2.66. The maximum Gasteiger partial charge on any atom is 0.228 e. The van der Waals surface area contributed by atoms with Gasteiger partial charge in [-0.3, -0.25) is 9.59 Å². The van der Waals surface area contributed by atoms with Gasteiger partial charge >= 0.3 is 0 Å². The van der Waals surface area contributed by atoms with E-state index < -0.39 is 0 Å². The Morgan fingerprint density at radius 3 is 2.08 bits per heavy atom. The summed E-state index contributed by atoms with van der Waals surface area (Å²) in [6.07, 6.45) is 2.17. The zero-order chi connectivity index (χ0) is 18.8. The third-order valence-corrected chi connectivity index (χ3v) is 4.46. The SMILES string of the molecule is CCN(C(=O)CCN(CCCc1ccccc1)C(C)=O)c1ccccc1. The molecule has 0 saturated carbocycles. The Balaban J connectivity index is 1.85. The van der Waals surface area contributed by atoms with Crippen LogP contribution in [0.2, 0.25) is 0 Å². The number of amides is 2. The summed E-state index contributed by atoms with van der Waals surface area (Å²) in [5.74, 6) is 0.0710. The molecule has 0 aromatic heterocycles. The fourth-order valence-corrected chi connectivity index (χ4v) is 3.02. The number of nitrogens with zero attached hydrogens (tertiary/aromatic N) is 2. The smallest absolute Gasteiger partial charge is 0.228 e. The van der Waals surface area contributed by atoms with Crippen LogP contribution < -0.4 is 4.90 Å². The molecule has 0 atom stereocenters. The van der Waals surface area contributed by atoms with E-state index in [4.69, 9.17) is 0 Å². The molecular weight excluding hydrogens is 324 g/mol. The summed E-state index contributed by atoms with van der Waals surface area (Å²) in [5.41, 5.74) is 2.17. The van der Waals surface area contributed by atoms with Crippen LogP contribution in [-0.4, -0.2) is 36.3 Å². The second-order valence-electron chi connectivity index (χ2n) is 6.32. The molecule has 2 rings (SSSR count). The minimum atomic E-state index is 0.0219. The lowest BCUT2D eigenvalue weighted by molar-refractivity contribution is -0.129. The van der Waals surface area contributed by atoms with Crippen LogP contribution in [0, 0.1) is 0 Å². The number of para-hydroxylation sites is 1. The molecule has 2 aromatic carbocycles. The Hall–Kier alpha value is -2.62. The number of aryl methyl sites for hydroxylation is 1. The second-order valence-corrected chi connectivity index (χ2v) is 6.32. The fourth-order valence-electron chi connectivity index (χ4n) is 3.02. The van der Waals surface area contributed by atoms with Crippen LogP contribution in [-0.2, 0) is 16.0 Å². The van der Waals surface area contributed by atoms with Gasteiger partial charge in [0, 0.05) is 38.7 Å². The van der Waals surface area contributed by atoms with E-state index in [-0.39, 0.29) is 11.8 Å². The Bertz CT molecular complexity index is 686. The number of hydrogen-bond acceptors (Lipinski definition) is 2. The number of carbonyl (C=O) groups is 2. The van der Waals surface area contributed by atoms with Gasteiger partial charge in [-0.1, -0.05) is 48.5 Å². The van der Waals surface area contributed by atoms with E-state index in [1.807, 2.05) is 55.5 Å². The van der Waals surface area contributed by atoms with Crippen LogP contribution in [0.1, 0.15) is 32.3 Å². The monoisotopic (exact) mass is 352 g/mol. The first-order valence-electron chi connectivity index (χ1n) is 9.26. The van der Waals surface area contributed by atoms with E-state index in [0.29, 0.717) is 26.1 Å². The number of benzene rings is 2. The molecule has 0 unspecified atom stereocenters. The molecule has 0 aliphatic rings. The van der Waals surface area contributed by atoms with Crippen molar-refractivity contribution in [3.05, 3.63) is 66.2 Å². The van der Waals surface area contributed by atoms with Gasteiger partial charge in [-0.2, -0.15) is 0 Å². The number of anilines is 1. The predicted molar refractivity (Wildman–Crippen MR) is 106 cm³/mol. The Labute approximate surface area is 156 Å². The average molecular weight is 352 g/mol. The summed E-state index contributed by atoms with van der Waals surface area (Å²) in [7, 11) is 0. The molecule has 0 saturated heterocycles. The van der Waals surface area contributed by atoms with Gasteiger partial charge in [0.25, 0.3) is 0 Å². The molecule has 0 aliphatic heterocycles. The lowest BCUT2D eigenvalue weighted by atomic mass is 10.1. The predicted octanol–water partition coefficient (Wildman–Crippen LogP) is 3.91. The summed E-state index contributed by atoms with van der Waals surface area (Å²) >= 11 is 0. The first-order chi connectivity index (χ1) is 12.6. The summed E-state index contributed by atoms with van der Waals surface area (Å²) in [6.45, 7) is 5.30. The lowest BCUT2D eigenvalue weighted by Gasteiger charge is -2.24. The van der Waals surface area contributed by atoms with E-state index in [9.17, 15) is 9.59 Å². The van der Waals surface area contributed by atoms with Gasteiger partial charge in [-0.15, -0.1) is 0 Å². The van der Waals surface area contributed by atoms with Crippen LogP contribution in [0.3, 0.4) is 0 Å². The van der Waals surface area contributed by atoms with Crippen molar-refractivity contribution in [1.29, 1.82) is 0 Å². The maximum atomic E-state index is 12.6. The van der Waals surface area contributed by atoms with E-state index in [0.717, 1.165) is 18.5 Å². The van der Waals surface area contributed by atoms with Crippen molar-refractivity contribution in [2.75, 3.05) is 24.5 Å². The van der Waals surface area contributed by atoms with E-state index in [1.165, 1.54) is 5.56 Å². The van der Waals surface area contributed by atoms with Crippen LogP contribution in [0.4, 0.5) is 5.69 Å². The Morgan fingerprint density at radius 1 is 0.885 bits per heavy atom. The molecule has 0 N–H and O–H groups in total. The van der Waals surface area contributed by atoms with Crippen molar-refractivity contribution < 1.29 is 9.59 Å².